The van der Waals surface area contributed by atoms with E-state index in [9.17, 15) is 0 Å². The van der Waals surface area contributed by atoms with Gasteiger partial charge in [0.2, 0.25) is 5.95 Å². The van der Waals surface area contributed by atoms with Gasteiger partial charge in [-0.25, -0.2) is 4.98 Å². The van der Waals surface area contributed by atoms with Gasteiger partial charge >= 0.3 is 0 Å². The first-order valence-electron chi connectivity index (χ1n) is 7.00. The lowest BCUT2D eigenvalue weighted by Crippen LogP contribution is -2.00. The van der Waals surface area contributed by atoms with Gasteiger partial charge in [-0.3, -0.25) is 0 Å². The zero-order valence-electron chi connectivity index (χ0n) is 12.5. The minimum Gasteiger partial charge on any atom is -0.497 e. The Morgan fingerprint density at radius 2 is 1.87 bits per heavy atom. The SMILES string of the molecule is COc1cccc(Nc2ccnc(Nc3ccccc3Br)n2)c1. The van der Waals surface area contributed by atoms with E-state index < -0.39 is 0 Å². The minimum atomic E-state index is 0.518. The van der Waals surface area contributed by atoms with Gasteiger partial charge in [-0.15, -0.1) is 0 Å². The highest BCUT2D eigenvalue weighted by Gasteiger charge is 2.04. The summed E-state index contributed by atoms with van der Waals surface area (Å²) in [5.74, 6) is 2.00. The monoisotopic (exact) mass is 370 g/mol. The van der Waals surface area contributed by atoms with Crippen molar-refractivity contribution in [1.82, 2.24) is 9.97 Å². The molecule has 0 bridgehead atoms. The largest absolute Gasteiger partial charge is 0.497 e. The molecule has 0 spiro atoms. The lowest BCUT2D eigenvalue weighted by molar-refractivity contribution is 0.415. The number of nitrogens with zero attached hydrogens (tertiary/aromatic N) is 2. The van der Waals surface area contributed by atoms with Crippen LogP contribution in [0.15, 0.2) is 65.3 Å². The highest BCUT2D eigenvalue weighted by atomic mass is 79.9. The number of anilines is 4. The second-order valence-corrected chi connectivity index (χ2v) is 5.58. The lowest BCUT2D eigenvalue weighted by atomic mass is 10.3. The standard InChI is InChI=1S/C17H15BrN4O/c1-23-13-6-4-5-12(11-13)20-16-9-10-19-17(22-16)21-15-8-3-2-7-14(15)18/h2-11H,1H3,(H2,19,20,21,22). The fourth-order valence-corrected chi connectivity index (χ4v) is 2.40. The van der Waals surface area contributed by atoms with E-state index in [1.165, 1.54) is 0 Å². The molecular weight excluding hydrogens is 356 g/mol. The number of aromatic nitrogens is 2. The molecule has 6 heteroatoms. The predicted octanol–water partition coefficient (Wildman–Crippen LogP) is 4.73. The van der Waals surface area contributed by atoms with E-state index in [1.54, 1.807) is 13.3 Å². The first-order chi connectivity index (χ1) is 11.2. The van der Waals surface area contributed by atoms with Crippen molar-refractivity contribution in [2.75, 3.05) is 17.7 Å². The zero-order chi connectivity index (χ0) is 16.1. The molecule has 2 N–H and O–H groups in total. The third kappa shape index (κ3) is 3.98. The minimum absolute atomic E-state index is 0.518. The number of hydrogen-bond donors (Lipinski definition) is 2. The maximum Gasteiger partial charge on any atom is 0.229 e. The number of hydrogen-bond acceptors (Lipinski definition) is 5. The van der Waals surface area contributed by atoms with Gasteiger partial charge in [0.1, 0.15) is 11.6 Å². The van der Waals surface area contributed by atoms with Crippen LogP contribution in [0.5, 0.6) is 5.75 Å². The molecule has 0 aliphatic carbocycles. The Morgan fingerprint density at radius 3 is 2.70 bits per heavy atom. The van der Waals surface area contributed by atoms with Crippen LogP contribution in [-0.4, -0.2) is 17.1 Å². The molecule has 2 aromatic carbocycles. The molecule has 0 saturated carbocycles. The number of nitrogens with one attached hydrogen (secondary N) is 2. The molecule has 0 atom stereocenters. The molecule has 0 amide bonds. The van der Waals surface area contributed by atoms with Crippen LogP contribution in [0.1, 0.15) is 0 Å². The van der Waals surface area contributed by atoms with Crippen LogP contribution in [0.2, 0.25) is 0 Å². The van der Waals surface area contributed by atoms with Crippen LogP contribution in [-0.2, 0) is 0 Å². The van der Waals surface area contributed by atoms with E-state index in [0.29, 0.717) is 11.8 Å². The van der Waals surface area contributed by atoms with Gasteiger partial charge in [0.05, 0.1) is 12.8 Å². The fraction of sp³-hybridized carbons (Fsp3) is 0.0588. The highest BCUT2D eigenvalue weighted by Crippen LogP contribution is 2.25. The molecule has 1 heterocycles. The second kappa shape index (κ2) is 7.11. The molecule has 3 aromatic rings. The van der Waals surface area contributed by atoms with E-state index in [1.807, 2.05) is 54.6 Å². The second-order valence-electron chi connectivity index (χ2n) is 4.73. The number of halogens is 1. The molecule has 0 unspecified atom stereocenters. The Labute approximate surface area is 142 Å². The molecule has 0 aliphatic rings. The Balaban J connectivity index is 1.78. The van der Waals surface area contributed by atoms with Gasteiger partial charge < -0.3 is 15.4 Å². The van der Waals surface area contributed by atoms with E-state index in [2.05, 4.69) is 36.5 Å². The topological polar surface area (TPSA) is 59.1 Å². The third-order valence-electron chi connectivity index (χ3n) is 3.12. The molecule has 1 aromatic heterocycles. The van der Waals surface area contributed by atoms with Crippen LogP contribution >= 0.6 is 15.9 Å². The Bertz CT molecular complexity index is 810. The van der Waals surface area contributed by atoms with Crippen molar-refractivity contribution in [3.05, 3.63) is 65.3 Å². The zero-order valence-corrected chi connectivity index (χ0v) is 14.0. The van der Waals surface area contributed by atoms with Crippen LogP contribution < -0.4 is 15.4 Å². The highest BCUT2D eigenvalue weighted by molar-refractivity contribution is 9.10. The van der Waals surface area contributed by atoms with Crippen molar-refractivity contribution in [1.29, 1.82) is 0 Å². The van der Waals surface area contributed by atoms with Crippen LogP contribution in [0.4, 0.5) is 23.1 Å². The molecule has 0 saturated heterocycles. The van der Waals surface area contributed by atoms with Gasteiger partial charge in [0.15, 0.2) is 0 Å². The van der Waals surface area contributed by atoms with E-state index >= 15 is 0 Å². The maximum atomic E-state index is 5.22. The molecule has 0 fully saturated rings. The van der Waals surface area contributed by atoms with E-state index in [0.717, 1.165) is 21.6 Å². The summed E-state index contributed by atoms with van der Waals surface area (Å²) in [4.78, 5) is 8.71. The molecule has 0 radical (unpaired) electrons. The van der Waals surface area contributed by atoms with Crippen molar-refractivity contribution in [3.8, 4) is 5.75 Å². The van der Waals surface area contributed by atoms with Crippen molar-refractivity contribution in [2.24, 2.45) is 0 Å². The van der Waals surface area contributed by atoms with Gasteiger partial charge in [-0.2, -0.15) is 4.98 Å². The predicted molar refractivity (Wildman–Crippen MR) is 95.7 cm³/mol. The van der Waals surface area contributed by atoms with Crippen molar-refractivity contribution in [2.45, 2.75) is 0 Å². The first-order valence-corrected chi connectivity index (χ1v) is 7.79. The summed E-state index contributed by atoms with van der Waals surface area (Å²) in [6.45, 7) is 0. The molecule has 23 heavy (non-hydrogen) atoms. The fourth-order valence-electron chi connectivity index (χ4n) is 2.02. The van der Waals surface area contributed by atoms with Crippen LogP contribution in [0.25, 0.3) is 0 Å². The van der Waals surface area contributed by atoms with Gasteiger partial charge in [-0.1, -0.05) is 18.2 Å². The summed E-state index contributed by atoms with van der Waals surface area (Å²) in [7, 11) is 1.64. The van der Waals surface area contributed by atoms with Gasteiger partial charge in [0.25, 0.3) is 0 Å². The first kappa shape index (κ1) is 15.3. The lowest BCUT2D eigenvalue weighted by Gasteiger charge is -2.10. The van der Waals surface area contributed by atoms with Crippen molar-refractivity contribution >= 4 is 39.1 Å². The molecule has 0 aliphatic heterocycles. The summed E-state index contributed by atoms with van der Waals surface area (Å²) in [5, 5.41) is 6.42. The molecule has 116 valence electrons. The van der Waals surface area contributed by atoms with Crippen molar-refractivity contribution < 1.29 is 4.74 Å². The number of benzene rings is 2. The number of methoxy groups -OCH3 is 1. The number of ether oxygens (including phenoxy) is 1. The van der Waals surface area contributed by atoms with E-state index in [4.69, 9.17) is 4.74 Å². The summed E-state index contributed by atoms with van der Waals surface area (Å²) in [6.07, 6.45) is 1.70. The number of rotatable bonds is 5. The number of para-hydroxylation sites is 1. The summed E-state index contributed by atoms with van der Waals surface area (Å²) < 4.78 is 6.17. The van der Waals surface area contributed by atoms with Crippen molar-refractivity contribution in [3.63, 3.8) is 0 Å². The smallest absolute Gasteiger partial charge is 0.229 e. The molecular formula is C17H15BrN4O. The Hall–Kier alpha value is -2.60. The Morgan fingerprint density at radius 1 is 1.00 bits per heavy atom. The Kier molecular flexibility index (Phi) is 4.73. The van der Waals surface area contributed by atoms with E-state index in [-0.39, 0.29) is 0 Å². The normalized spacial score (nSPS) is 10.2. The van der Waals surface area contributed by atoms with Gasteiger partial charge in [0, 0.05) is 22.4 Å². The molecule has 3 rings (SSSR count). The van der Waals surface area contributed by atoms with Crippen LogP contribution in [0.3, 0.4) is 0 Å². The van der Waals surface area contributed by atoms with Gasteiger partial charge in [-0.05, 0) is 46.3 Å². The third-order valence-corrected chi connectivity index (χ3v) is 3.81. The maximum absolute atomic E-state index is 5.22. The molecule has 5 nitrogen and oxygen atoms in total. The average Bonchev–Trinajstić information content (AvgIpc) is 2.57. The average molecular weight is 371 g/mol. The summed E-state index contributed by atoms with van der Waals surface area (Å²) >= 11 is 3.49. The summed E-state index contributed by atoms with van der Waals surface area (Å²) in [5.41, 5.74) is 1.81. The van der Waals surface area contributed by atoms with Crippen LogP contribution in [0, 0.1) is 0 Å². The quantitative estimate of drug-likeness (QED) is 0.679. The summed E-state index contributed by atoms with van der Waals surface area (Å²) in [6, 6.07) is 17.3.